The van der Waals surface area contributed by atoms with E-state index in [-0.39, 0.29) is 5.91 Å². The van der Waals surface area contributed by atoms with Gasteiger partial charge < -0.3 is 19.2 Å². The Kier molecular flexibility index (Phi) is 5.14. The maximum absolute atomic E-state index is 12.7. The molecule has 3 aromatic rings. The molecule has 3 aromatic heterocycles. The molecule has 25 heavy (non-hydrogen) atoms. The molecule has 3 heterocycles. The topological polar surface area (TPSA) is 84.4 Å². The van der Waals surface area contributed by atoms with Crippen molar-refractivity contribution in [2.45, 2.75) is 20.8 Å². The van der Waals surface area contributed by atoms with Gasteiger partial charge in [0.1, 0.15) is 5.69 Å². The average Bonchev–Trinajstić information content (AvgIpc) is 3.28. The van der Waals surface area contributed by atoms with E-state index in [2.05, 4.69) is 34.2 Å². The summed E-state index contributed by atoms with van der Waals surface area (Å²) in [6.07, 6.45) is 1.57. The zero-order valence-corrected chi connectivity index (χ0v) is 14.7. The van der Waals surface area contributed by atoms with Gasteiger partial charge in [0.15, 0.2) is 5.76 Å². The van der Waals surface area contributed by atoms with E-state index >= 15 is 0 Å². The van der Waals surface area contributed by atoms with Crippen LogP contribution in [0.1, 0.15) is 29.9 Å². The number of aromatic nitrogens is 2. The highest BCUT2D eigenvalue weighted by Crippen LogP contribution is 2.27. The summed E-state index contributed by atoms with van der Waals surface area (Å²) in [5.74, 6) is 0.409. The molecule has 0 saturated heterocycles. The molecule has 0 aliphatic rings. The van der Waals surface area contributed by atoms with E-state index in [9.17, 15) is 4.79 Å². The number of nitrogens with one attached hydrogen (secondary N) is 1. The van der Waals surface area contributed by atoms with Crippen LogP contribution >= 0.6 is 0 Å². The second-order valence-corrected chi connectivity index (χ2v) is 5.76. The third kappa shape index (κ3) is 3.56. The van der Waals surface area contributed by atoms with Gasteiger partial charge in [-0.3, -0.25) is 4.79 Å². The average molecular weight is 342 g/mol. The maximum Gasteiger partial charge on any atom is 0.259 e. The Labute approximate surface area is 146 Å². The molecule has 132 valence electrons. The number of pyridine rings is 1. The molecule has 0 unspecified atom stereocenters. The predicted molar refractivity (Wildman–Crippen MR) is 94.4 cm³/mol. The molecule has 1 N–H and O–H groups in total. The van der Waals surface area contributed by atoms with Crippen molar-refractivity contribution in [1.29, 1.82) is 0 Å². The van der Waals surface area contributed by atoms with E-state index in [1.165, 1.54) is 0 Å². The summed E-state index contributed by atoms with van der Waals surface area (Å²) in [6, 6.07) is 5.29. The summed E-state index contributed by atoms with van der Waals surface area (Å²) in [5.41, 5.74) is 2.01. The minimum absolute atomic E-state index is 0.168. The second kappa shape index (κ2) is 7.48. The molecule has 0 spiro atoms. The SMILES string of the molecule is CCN(CC)CCNC(=O)c1cc(-c2ccco2)nc2onc(C)c12. The Balaban J connectivity index is 1.88. The lowest BCUT2D eigenvalue weighted by Crippen LogP contribution is -2.34. The summed E-state index contributed by atoms with van der Waals surface area (Å²) in [6.45, 7) is 9.30. The van der Waals surface area contributed by atoms with E-state index in [0.29, 0.717) is 40.4 Å². The van der Waals surface area contributed by atoms with Gasteiger partial charge in [-0.1, -0.05) is 19.0 Å². The van der Waals surface area contributed by atoms with E-state index in [0.717, 1.165) is 19.6 Å². The lowest BCUT2D eigenvalue weighted by molar-refractivity contribution is 0.0950. The zero-order chi connectivity index (χ0) is 17.8. The number of carbonyl (C=O) groups excluding carboxylic acids is 1. The molecule has 7 nitrogen and oxygen atoms in total. The number of amides is 1. The molecular formula is C18H22N4O3. The van der Waals surface area contributed by atoms with Crippen LogP contribution in [0.4, 0.5) is 0 Å². The van der Waals surface area contributed by atoms with Crippen molar-refractivity contribution in [3.63, 3.8) is 0 Å². The highest BCUT2D eigenvalue weighted by Gasteiger charge is 2.20. The summed E-state index contributed by atoms with van der Waals surface area (Å²) in [4.78, 5) is 19.4. The third-order valence-corrected chi connectivity index (χ3v) is 4.24. The van der Waals surface area contributed by atoms with Gasteiger partial charge in [-0.15, -0.1) is 0 Å². The van der Waals surface area contributed by atoms with Crippen LogP contribution in [0.2, 0.25) is 0 Å². The Morgan fingerprint density at radius 3 is 2.80 bits per heavy atom. The van der Waals surface area contributed by atoms with Gasteiger partial charge in [0.2, 0.25) is 0 Å². The first-order chi connectivity index (χ1) is 12.1. The molecule has 0 atom stereocenters. The minimum atomic E-state index is -0.168. The van der Waals surface area contributed by atoms with Gasteiger partial charge in [0.25, 0.3) is 11.6 Å². The smallest absolute Gasteiger partial charge is 0.259 e. The van der Waals surface area contributed by atoms with Crippen molar-refractivity contribution in [1.82, 2.24) is 20.4 Å². The molecule has 7 heteroatoms. The quantitative estimate of drug-likeness (QED) is 0.711. The van der Waals surface area contributed by atoms with Crippen LogP contribution < -0.4 is 5.32 Å². The molecule has 0 aromatic carbocycles. The van der Waals surface area contributed by atoms with Gasteiger partial charge in [0, 0.05) is 13.1 Å². The van der Waals surface area contributed by atoms with Crippen molar-refractivity contribution < 1.29 is 13.7 Å². The number of fused-ring (bicyclic) bond motifs is 1. The Hall–Kier alpha value is -2.67. The first-order valence-corrected chi connectivity index (χ1v) is 8.45. The maximum atomic E-state index is 12.7. The lowest BCUT2D eigenvalue weighted by atomic mass is 10.1. The number of furan rings is 1. The normalized spacial score (nSPS) is 11.4. The van der Waals surface area contributed by atoms with Crippen LogP contribution in [0.15, 0.2) is 33.4 Å². The van der Waals surface area contributed by atoms with Crippen molar-refractivity contribution >= 4 is 17.0 Å². The first-order valence-electron chi connectivity index (χ1n) is 8.45. The van der Waals surface area contributed by atoms with Gasteiger partial charge in [-0.2, -0.15) is 0 Å². The molecule has 0 fully saturated rings. The molecule has 0 aliphatic carbocycles. The van der Waals surface area contributed by atoms with E-state index in [4.69, 9.17) is 8.94 Å². The highest BCUT2D eigenvalue weighted by molar-refractivity contribution is 6.06. The zero-order valence-electron chi connectivity index (χ0n) is 14.7. The van der Waals surface area contributed by atoms with Crippen LogP contribution in [-0.4, -0.2) is 47.1 Å². The van der Waals surface area contributed by atoms with Crippen molar-refractivity contribution in [2.24, 2.45) is 0 Å². The molecule has 3 rings (SSSR count). The number of hydrogen-bond acceptors (Lipinski definition) is 6. The van der Waals surface area contributed by atoms with E-state index in [1.807, 2.05) is 0 Å². The number of rotatable bonds is 7. The fraction of sp³-hybridized carbons (Fsp3) is 0.389. The van der Waals surface area contributed by atoms with Crippen LogP contribution in [-0.2, 0) is 0 Å². The second-order valence-electron chi connectivity index (χ2n) is 5.76. The Morgan fingerprint density at radius 1 is 1.32 bits per heavy atom. The third-order valence-electron chi connectivity index (χ3n) is 4.24. The van der Waals surface area contributed by atoms with Crippen LogP contribution in [0.3, 0.4) is 0 Å². The van der Waals surface area contributed by atoms with Crippen molar-refractivity contribution in [3.05, 3.63) is 35.7 Å². The summed E-state index contributed by atoms with van der Waals surface area (Å²) >= 11 is 0. The van der Waals surface area contributed by atoms with Crippen LogP contribution in [0.5, 0.6) is 0 Å². The molecule has 0 radical (unpaired) electrons. The van der Waals surface area contributed by atoms with Gasteiger partial charge >= 0.3 is 0 Å². The number of nitrogens with zero attached hydrogens (tertiary/aromatic N) is 3. The number of hydrogen-bond donors (Lipinski definition) is 1. The van der Waals surface area contributed by atoms with Gasteiger partial charge in [0.05, 0.1) is 22.9 Å². The summed E-state index contributed by atoms with van der Waals surface area (Å²) in [7, 11) is 0. The van der Waals surface area contributed by atoms with Crippen molar-refractivity contribution in [2.75, 3.05) is 26.2 Å². The van der Waals surface area contributed by atoms with E-state index in [1.54, 1.807) is 31.4 Å². The van der Waals surface area contributed by atoms with Gasteiger partial charge in [-0.05, 0) is 38.2 Å². The van der Waals surface area contributed by atoms with Crippen molar-refractivity contribution in [3.8, 4) is 11.5 Å². The number of aryl methyl sites for hydroxylation is 1. The molecule has 0 saturated carbocycles. The lowest BCUT2D eigenvalue weighted by Gasteiger charge is -2.18. The van der Waals surface area contributed by atoms with E-state index < -0.39 is 0 Å². The van der Waals surface area contributed by atoms with Crippen LogP contribution in [0, 0.1) is 6.92 Å². The molecular weight excluding hydrogens is 320 g/mol. The Bertz CT molecular complexity index is 851. The summed E-state index contributed by atoms with van der Waals surface area (Å²) in [5, 5.41) is 7.55. The number of carbonyl (C=O) groups is 1. The monoisotopic (exact) mass is 342 g/mol. The minimum Gasteiger partial charge on any atom is -0.463 e. The molecule has 0 bridgehead atoms. The highest BCUT2D eigenvalue weighted by atomic mass is 16.5. The first kappa shape index (κ1) is 17.2. The summed E-state index contributed by atoms with van der Waals surface area (Å²) < 4.78 is 10.7. The molecule has 0 aliphatic heterocycles. The molecule has 1 amide bonds. The van der Waals surface area contributed by atoms with Gasteiger partial charge in [-0.25, -0.2) is 4.98 Å². The standard InChI is InChI=1S/C18H22N4O3/c1-4-22(5-2)9-8-19-17(23)13-11-14(15-7-6-10-24-15)20-18-16(13)12(3)21-25-18/h6-7,10-11H,4-5,8-9H2,1-3H3,(H,19,23). The Morgan fingerprint density at radius 2 is 2.12 bits per heavy atom. The van der Waals surface area contributed by atoms with Crippen LogP contribution in [0.25, 0.3) is 22.6 Å². The largest absolute Gasteiger partial charge is 0.463 e. The number of likely N-dealkylation sites (N-methyl/N-ethyl adjacent to an activating group) is 1. The fourth-order valence-corrected chi connectivity index (χ4v) is 2.79. The predicted octanol–water partition coefficient (Wildman–Crippen LogP) is 2.86. The fourth-order valence-electron chi connectivity index (χ4n) is 2.79.